The zero-order chi connectivity index (χ0) is 12.4. The van der Waals surface area contributed by atoms with E-state index in [0.29, 0.717) is 5.92 Å². The fourth-order valence-electron chi connectivity index (χ4n) is 3.90. The molecule has 3 atom stereocenters. The van der Waals surface area contributed by atoms with Gasteiger partial charge >= 0.3 is 0 Å². The minimum Gasteiger partial charge on any atom is -0.385 e. The molecule has 0 aromatic carbocycles. The first kappa shape index (κ1) is 11.7. The lowest BCUT2D eigenvalue weighted by Gasteiger charge is -2.56. The summed E-state index contributed by atoms with van der Waals surface area (Å²) < 4.78 is 0. The smallest absolute Gasteiger partial charge is 0.117 e. The van der Waals surface area contributed by atoms with Crippen LogP contribution in [0.5, 0.6) is 0 Å². The Kier molecular flexibility index (Phi) is 2.30. The van der Waals surface area contributed by atoms with Crippen LogP contribution in [0.1, 0.15) is 25.7 Å². The third-order valence-electron chi connectivity index (χ3n) is 4.71. The van der Waals surface area contributed by atoms with Crippen LogP contribution in [-0.4, -0.2) is 30.0 Å². The minimum absolute atomic E-state index is 0.507. The largest absolute Gasteiger partial charge is 0.385 e. The van der Waals surface area contributed by atoms with Crippen molar-refractivity contribution in [2.75, 3.05) is 0 Å². The number of allylic oxidation sites excluding steroid dienone is 1. The summed E-state index contributed by atoms with van der Waals surface area (Å²) in [7, 11) is -1.40. The minimum atomic E-state index is -1.40. The predicted octanol–water partition coefficient (Wildman–Crippen LogP) is 2.40. The molecule has 0 spiro atoms. The quantitative estimate of drug-likeness (QED) is 0.702. The Balaban J connectivity index is 2.09. The zero-order valence-corrected chi connectivity index (χ0v) is 12.0. The second-order valence-electron chi connectivity index (χ2n) is 6.85. The Morgan fingerprint density at radius 1 is 1.35 bits per heavy atom. The Hall–Kier alpha value is -0.383. The van der Waals surface area contributed by atoms with E-state index in [1.165, 1.54) is 17.2 Å². The monoisotopic (exact) mass is 250 g/mol. The summed E-state index contributed by atoms with van der Waals surface area (Å²) in [6, 6.07) is 0. The third-order valence-corrected chi connectivity index (χ3v) is 6.80. The summed E-state index contributed by atoms with van der Waals surface area (Å²) in [4.78, 5) is 0. The van der Waals surface area contributed by atoms with Crippen molar-refractivity contribution >= 4 is 8.07 Å². The van der Waals surface area contributed by atoms with E-state index < -0.39 is 19.8 Å². The molecule has 3 rings (SSSR count). The lowest BCUT2D eigenvalue weighted by atomic mass is 9.57. The highest BCUT2D eigenvalue weighted by atomic mass is 28.3. The molecule has 0 aliphatic heterocycles. The van der Waals surface area contributed by atoms with Crippen molar-refractivity contribution in [1.82, 2.24) is 0 Å². The van der Waals surface area contributed by atoms with E-state index in [4.69, 9.17) is 0 Å². The Morgan fingerprint density at radius 2 is 2.06 bits per heavy atom. The van der Waals surface area contributed by atoms with Crippen molar-refractivity contribution in [1.29, 1.82) is 0 Å². The Morgan fingerprint density at radius 3 is 2.71 bits per heavy atom. The molecule has 0 aromatic heterocycles. The Labute approximate surface area is 104 Å². The summed E-state index contributed by atoms with van der Waals surface area (Å²) in [5.74, 6) is 0.507. The van der Waals surface area contributed by atoms with Crippen LogP contribution in [0.3, 0.4) is 0 Å². The van der Waals surface area contributed by atoms with Crippen molar-refractivity contribution in [3.05, 3.63) is 22.4 Å². The SMILES string of the molecule is C[Si](C)(C)C1=CC[C@@H]2CCC[C@@]3(O)C2=C1[C@@H]3O. The molecule has 0 aromatic rings. The molecule has 1 saturated carbocycles. The highest BCUT2D eigenvalue weighted by Crippen LogP contribution is 2.57. The Bertz CT molecular complexity index is 430. The van der Waals surface area contributed by atoms with Gasteiger partial charge in [-0.25, -0.2) is 0 Å². The van der Waals surface area contributed by atoms with Crippen molar-refractivity contribution in [3.63, 3.8) is 0 Å². The van der Waals surface area contributed by atoms with E-state index in [-0.39, 0.29) is 0 Å². The topological polar surface area (TPSA) is 40.5 Å². The molecule has 3 aliphatic carbocycles. The summed E-state index contributed by atoms with van der Waals surface area (Å²) in [6.45, 7) is 6.96. The van der Waals surface area contributed by atoms with Gasteiger partial charge < -0.3 is 10.2 Å². The van der Waals surface area contributed by atoms with Crippen molar-refractivity contribution in [2.24, 2.45) is 5.92 Å². The maximum absolute atomic E-state index is 10.6. The highest BCUT2D eigenvalue weighted by molar-refractivity contribution is 6.84. The molecular formula is C14H22O2Si. The van der Waals surface area contributed by atoms with Crippen LogP contribution in [0.4, 0.5) is 0 Å². The van der Waals surface area contributed by atoms with Gasteiger partial charge in [0.05, 0.1) is 8.07 Å². The molecule has 2 N–H and O–H groups in total. The molecule has 3 aliphatic rings. The number of hydrogen-bond acceptors (Lipinski definition) is 2. The maximum atomic E-state index is 10.6. The second-order valence-corrected chi connectivity index (χ2v) is 11.9. The predicted molar refractivity (Wildman–Crippen MR) is 71.4 cm³/mol. The third kappa shape index (κ3) is 1.39. The van der Waals surface area contributed by atoms with E-state index in [1.807, 2.05) is 0 Å². The maximum Gasteiger partial charge on any atom is 0.117 e. The van der Waals surface area contributed by atoms with E-state index in [0.717, 1.165) is 24.8 Å². The van der Waals surface area contributed by atoms with E-state index in [9.17, 15) is 10.2 Å². The van der Waals surface area contributed by atoms with E-state index in [2.05, 4.69) is 25.7 Å². The van der Waals surface area contributed by atoms with Gasteiger partial charge in [-0.1, -0.05) is 30.9 Å². The number of rotatable bonds is 1. The lowest BCUT2D eigenvalue weighted by Crippen LogP contribution is -2.60. The zero-order valence-electron chi connectivity index (χ0n) is 11.0. The van der Waals surface area contributed by atoms with Crippen molar-refractivity contribution in [2.45, 2.75) is 57.0 Å². The molecule has 0 bridgehead atoms. The van der Waals surface area contributed by atoms with Gasteiger partial charge in [0.15, 0.2) is 0 Å². The van der Waals surface area contributed by atoms with Gasteiger partial charge in [-0.05, 0) is 42.7 Å². The lowest BCUT2D eigenvalue weighted by molar-refractivity contribution is -0.0815. The number of hydrogen-bond donors (Lipinski definition) is 2. The van der Waals surface area contributed by atoms with Crippen LogP contribution in [-0.2, 0) is 0 Å². The van der Waals surface area contributed by atoms with Crippen LogP contribution in [0.15, 0.2) is 22.4 Å². The van der Waals surface area contributed by atoms with Crippen molar-refractivity contribution in [3.8, 4) is 0 Å². The van der Waals surface area contributed by atoms with E-state index in [1.54, 1.807) is 0 Å². The van der Waals surface area contributed by atoms with Crippen molar-refractivity contribution < 1.29 is 10.2 Å². The van der Waals surface area contributed by atoms with Crippen LogP contribution in [0.2, 0.25) is 19.6 Å². The van der Waals surface area contributed by atoms with Gasteiger partial charge in [-0.15, -0.1) is 0 Å². The van der Waals surface area contributed by atoms with Crippen LogP contribution < -0.4 is 0 Å². The molecule has 3 heteroatoms. The summed E-state index contributed by atoms with van der Waals surface area (Å²) >= 11 is 0. The number of aliphatic hydroxyl groups excluding tert-OH is 1. The summed E-state index contributed by atoms with van der Waals surface area (Å²) in [5, 5.41) is 22.3. The second kappa shape index (κ2) is 3.34. The fraction of sp³-hybridized carbons (Fsp3) is 0.714. The van der Waals surface area contributed by atoms with Gasteiger partial charge in [-0.3, -0.25) is 0 Å². The van der Waals surface area contributed by atoms with Crippen LogP contribution in [0, 0.1) is 5.92 Å². The molecule has 0 saturated heterocycles. The standard InChI is InChI=1S/C14H22O2Si/c1-17(2,3)10-7-6-9-5-4-8-14(16)12(9)11(10)13(14)15/h7,9,13,15-16H,4-6,8H2,1-3H3/t9-,13-,14+/m0/s1. The first-order chi connectivity index (χ1) is 7.86. The normalized spacial score (nSPS) is 40.6. The summed E-state index contributed by atoms with van der Waals surface area (Å²) in [6.07, 6.45) is 5.80. The fourth-order valence-corrected chi connectivity index (χ4v) is 5.71. The molecule has 0 heterocycles. The first-order valence-electron chi connectivity index (χ1n) is 6.71. The van der Waals surface area contributed by atoms with Gasteiger partial charge in [-0.2, -0.15) is 0 Å². The van der Waals surface area contributed by atoms with Gasteiger partial charge in [0.25, 0.3) is 0 Å². The first-order valence-corrected chi connectivity index (χ1v) is 10.2. The summed E-state index contributed by atoms with van der Waals surface area (Å²) in [5.41, 5.74) is 1.47. The average Bonchev–Trinajstić information content (AvgIpc) is 2.26. The molecule has 0 unspecified atom stereocenters. The van der Waals surface area contributed by atoms with Crippen LogP contribution >= 0.6 is 0 Å². The molecule has 17 heavy (non-hydrogen) atoms. The molecule has 0 amide bonds. The average molecular weight is 250 g/mol. The molecule has 0 radical (unpaired) electrons. The van der Waals surface area contributed by atoms with E-state index >= 15 is 0 Å². The molecule has 2 nitrogen and oxygen atoms in total. The van der Waals surface area contributed by atoms with Gasteiger partial charge in [0, 0.05) is 0 Å². The highest BCUT2D eigenvalue weighted by Gasteiger charge is 2.58. The van der Waals surface area contributed by atoms with Gasteiger partial charge in [0.2, 0.25) is 0 Å². The molecule has 94 valence electrons. The molecule has 1 fully saturated rings. The van der Waals surface area contributed by atoms with Crippen LogP contribution in [0.25, 0.3) is 0 Å². The number of aliphatic hydroxyl groups is 2. The molecular weight excluding hydrogens is 228 g/mol. The van der Waals surface area contributed by atoms with Gasteiger partial charge in [0.1, 0.15) is 11.7 Å².